The van der Waals surface area contributed by atoms with Gasteiger partial charge in [-0.3, -0.25) is 4.79 Å². The standard InChI is InChI=1S/C18H13I2NO5/c1-2-4-15(22)25-16-11(19)7-10(8-12(16)20)9-13-18(23)26-17(21-13)14-5-3-6-24-14/h3,5-9H,2,4H2,1H3/b13-9-. The lowest BCUT2D eigenvalue weighted by Crippen LogP contribution is -2.09. The lowest BCUT2D eigenvalue weighted by molar-refractivity contribution is -0.134. The first-order chi connectivity index (χ1) is 12.5. The molecule has 1 aromatic heterocycles. The average molecular weight is 577 g/mol. The van der Waals surface area contributed by atoms with Gasteiger partial charge in [0.2, 0.25) is 0 Å². The molecule has 0 atom stereocenters. The Labute approximate surface area is 176 Å². The molecule has 0 N–H and O–H groups in total. The van der Waals surface area contributed by atoms with Crippen LogP contribution >= 0.6 is 45.2 Å². The van der Waals surface area contributed by atoms with Crippen LogP contribution in [0.5, 0.6) is 5.75 Å². The van der Waals surface area contributed by atoms with Crippen LogP contribution in [0.1, 0.15) is 31.1 Å². The van der Waals surface area contributed by atoms with E-state index in [1.807, 2.05) is 19.1 Å². The van der Waals surface area contributed by atoms with Crippen molar-refractivity contribution in [1.82, 2.24) is 0 Å². The number of benzene rings is 1. The molecule has 0 amide bonds. The van der Waals surface area contributed by atoms with Crippen molar-refractivity contribution in [1.29, 1.82) is 0 Å². The van der Waals surface area contributed by atoms with Gasteiger partial charge in [-0.25, -0.2) is 9.79 Å². The number of ether oxygens (including phenoxy) is 2. The zero-order valence-corrected chi connectivity index (χ0v) is 17.9. The van der Waals surface area contributed by atoms with Gasteiger partial charge in [-0.05, 0) is 87.5 Å². The summed E-state index contributed by atoms with van der Waals surface area (Å²) in [5.74, 6) is 0.256. The topological polar surface area (TPSA) is 78.1 Å². The van der Waals surface area contributed by atoms with E-state index in [0.29, 0.717) is 17.9 Å². The number of carbonyl (C=O) groups is 2. The molecule has 3 rings (SSSR count). The molecule has 0 spiro atoms. The number of esters is 2. The van der Waals surface area contributed by atoms with Crippen LogP contribution in [0.3, 0.4) is 0 Å². The van der Waals surface area contributed by atoms with Crippen molar-refractivity contribution in [3.05, 3.63) is 54.7 Å². The van der Waals surface area contributed by atoms with Gasteiger partial charge >= 0.3 is 11.9 Å². The summed E-state index contributed by atoms with van der Waals surface area (Å²) in [4.78, 5) is 27.9. The summed E-state index contributed by atoms with van der Waals surface area (Å²) in [7, 11) is 0. The molecule has 0 fully saturated rings. The Hall–Kier alpha value is -1.69. The number of cyclic esters (lactones) is 1. The minimum atomic E-state index is -0.542. The number of hydrogen-bond donors (Lipinski definition) is 0. The first-order valence-corrected chi connectivity index (χ1v) is 9.90. The normalized spacial score (nSPS) is 15.1. The molecule has 0 saturated heterocycles. The van der Waals surface area contributed by atoms with Crippen molar-refractivity contribution >= 4 is 69.1 Å². The maximum Gasteiger partial charge on any atom is 0.363 e. The van der Waals surface area contributed by atoms with Gasteiger partial charge in [0.25, 0.3) is 5.90 Å². The van der Waals surface area contributed by atoms with Gasteiger partial charge in [0.05, 0.1) is 13.4 Å². The van der Waals surface area contributed by atoms with E-state index in [0.717, 1.165) is 19.1 Å². The molecular weight excluding hydrogens is 564 g/mol. The van der Waals surface area contributed by atoms with E-state index in [1.165, 1.54) is 6.26 Å². The molecule has 8 heteroatoms. The number of hydrogen-bond acceptors (Lipinski definition) is 6. The van der Waals surface area contributed by atoms with Gasteiger partial charge in [-0.1, -0.05) is 6.92 Å². The molecule has 2 aromatic rings. The van der Waals surface area contributed by atoms with E-state index in [4.69, 9.17) is 13.9 Å². The van der Waals surface area contributed by atoms with Gasteiger partial charge in [-0.15, -0.1) is 0 Å². The third-order valence-corrected chi connectivity index (χ3v) is 4.95. The van der Waals surface area contributed by atoms with Gasteiger partial charge in [0.1, 0.15) is 0 Å². The summed E-state index contributed by atoms with van der Waals surface area (Å²) in [6, 6.07) is 6.99. The smallest absolute Gasteiger partial charge is 0.363 e. The number of carbonyl (C=O) groups excluding carboxylic acids is 2. The second kappa shape index (κ2) is 8.33. The second-order valence-corrected chi connectivity index (χ2v) is 7.68. The summed E-state index contributed by atoms with van der Waals surface area (Å²) in [5.41, 5.74) is 0.934. The van der Waals surface area contributed by atoms with Crippen molar-refractivity contribution in [3.8, 4) is 5.75 Å². The molecule has 0 radical (unpaired) electrons. The van der Waals surface area contributed by atoms with Crippen LogP contribution in [0.2, 0.25) is 0 Å². The minimum absolute atomic E-state index is 0.140. The van der Waals surface area contributed by atoms with Crippen molar-refractivity contribution in [2.24, 2.45) is 4.99 Å². The minimum Gasteiger partial charge on any atom is -0.459 e. The van der Waals surface area contributed by atoms with Crippen LogP contribution in [0.25, 0.3) is 6.08 Å². The Kier molecular flexibility index (Phi) is 6.12. The summed E-state index contributed by atoms with van der Waals surface area (Å²) in [6.07, 6.45) is 4.21. The predicted molar refractivity (Wildman–Crippen MR) is 112 cm³/mol. The van der Waals surface area contributed by atoms with E-state index in [-0.39, 0.29) is 17.6 Å². The molecule has 2 heterocycles. The average Bonchev–Trinajstić information content (AvgIpc) is 3.22. The Morgan fingerprint density at radius 3 is 2.65 bits per heavy atom. The van der Waals surface area contributed by atoms with Crippen LogP contribution in [0.15, 0.2) is 45.6 Å². The highest BCUT2D eigenvalue weighted by Gasteiger charge is 2.26. The van der Waals surface area contributed by atoms with E-state index >= 15 is 0 Å². The molecule has 0 aliphatic carbocycles. The molecule has 26 heavy (non-hydrogen) atoms. The molecule has 134 valence electrons. The first-order valence-electron chi connectivity index (χ1n) is 7.74. The molecule has 1 aliphatic heterocycles. The Morgan fingerprint density at radius 2 is 2.04 bits per heavy atom. The van der Waals surface area contributed by atoms with E-state index < -0.39 is 5.97 Å². The van der Waals surface area contributed by atoms with Crippen LogP contribution in [0, 0.1) is 7.14 Å². The molecule has 0 bridgehead atoms. The zero-order valence-electron chi connectivity index (χ0n) is 13.6. The van der Waals surface area contributed by atoms with Crippen LogP contribution in [-0.4, -0.2) is 17.8 Å². The molecule has 1 aliphatic rings. The van der Waals surface area contributed by atoms with Gasteiger partial charge in [0.15, 0.2) is 17.2 Å². The number of furan rings is 1. The molecule has 0 unspecified atom stereocenters. The van der Waals surface area contributed by atoms with E-state index in [9.17, 15) is 9.59 Å². The fourth-order valence-electron chi connectivity index (χ4n) is 2.20. The monoisotopic (exact) mass is 577 g/mol. The maximum atomic E-state index is 12.0. The third-order valence-electron chi connectivity index (χ3n) is 3.35. The summed E-state index contributed by atoms with van der Waals surface area (Å²) < 4.78 is 17.3. The zero-order chi connectivity index (χ0) is 18.7. The van der Waals surface area contributed by atoms with Crippen molar-refractivity contribution in [3.63, 3.8) is 0 Å². The fraction of sp³-hybridized carbons (Fsp3) is 0.167. The van der Waals surface area contributed by atoms with Gasteiger partial charge < -0.3 is 13.9 Å². The van der Waals surface area contributed by atoms with Crippen LogP contribution in [0.4, 0.5) is 0 Å². The Morgan fingerprint density at radius 1 is 1.31 bits per heavy atom. The third kappa shape index (κ3) is 4.34. The molecule has 0 saturated carbocycles. The molecule has 1 aromatic carbocycles. The van der Waals surface area contributed by atoms with Crippen molar-refractivity contribution < 1.29 is 23.5 Å². The number of rotatable bonds is 5. The fourth-order valence-corrected chi connectivity index (χ4v) is 4.24. The SMILES string of the molecule is CCCC(=O)Oc1c(I)cc(/C=C2\N=C(c3ccco3)OC2=O)cc1I. The van der Waals surface area contributed by atoms with Crippen molar-refractivity contribution in [2.45, 2.75) is 19.8 Å². The van der Waals surface area contributed by atoms with Gasteiger partial charge in [0, 0.05) is 6.42 Å². The van der Waals surface area contributed by atoms with Crippen LogP contribution < -0.4 is 4.74 Å². The highest BCUT2D eigenvalue weighted by Crippen LogP contribution is 2.31. The molecule has 6 nitrogen and oxygen atoms in total. The van der Waals surface area contributed by atoms with E-state index in [2.05, 4.69) is 50.2 Å². The number of nitrogens with zero attached hydrogens (tertiary/aromatic N) is 1. The quantitative estimate of drug-likeness (QED) is 0.226. The number of aliphatic imine (C=N–C) groups is 1. The highest BCUT2D eigenvalue weighted by atomic mass is 127. The molecular formula is C18H13I2NO5. The van der Waals surface area contributed by atoms with E-state index in [1.54, 1.807) is 18.2 Å². The summed E-state index contributed by atoms with van der Waals surface area (Å²) >= 11 is 4.20. The van der Waals surface area contributed by atoms with Gasteiger partial charge in [-0.2, -0.15) is 0 Å². The predicted octanol–water partition coefficient (Wildman–Crippen LogP) is 4.54. The number of halogens is 2. The lowest BCUT2D eigenvalue weighted by atomic mass is 10.2. The lowest BCUT2D eigenvalue weighted by Gasteiger charge is -2.09. The Bertz CT molecular complexity index is 893. The Balaban J connectivity index is 1.87. The van der Waals surface area contributed by atoms with Crippen LogP contribution in [-0.2, 0) is 14.3 Å². The van der Waals surface area contributed by atoms with Crippen molar-refractivity contribution in [2.75, 3.05) is 0 Å². The first kappa shape index (κ1) is 19.1. The highest BCUT2D eigenvalue weighted by molar-refractivity contribution is 14.1. The summed E-state index contributed by atoms with van der Waals surface area (Å²) in [5, 5.41) is 0. The maximum absolute atomic E-state index is 12.0. The largest absolute Gasteiger partial charge is 0.459 e. The second-order valence-electron chi connectivity index (χ2n) is 5.35. The summed E-state index contributed by atoms with van der Waals surface area (Å²) in [6.45, 7) is 1.92.